The number of aliphatic hydroxyl groups excluding tert-OH is 1. The van der Waals surface area contributed by atoms with Crippen LogP contribution in [-0.2, 0) is 0 Å². The fourth-order valence-electron chi connectivity index (χ4n) is 2.92. The lowest BCUT2D eigenvalue weighted by molar-refractivity contribution is 0.0852. The summed E-state index contributed by atoms with van der Waals surface area (Å²) in [6, 6.07) is 10.6. The molecule has 0 aliphatic rings. The maximum absolute atomic E-state index is 13.0. The predicted octanol–water partition coefficient (Wildman–Crippen LogP) is 3.78. The summed E-state index contributed by atoms with van der Waals surface area (Å²) in [5.74, 6) is -0.619. The second-order valence-electron chi connectivity index (χ2n) is 6.39. The summed E-state index contributed by atoms with van der Waals surface area (Å²) in [7, 11) is 0. The molecule has 3 N–H and O–H groups in total. The minimum absolute atomic E-state index is 0.256. The van der Waals surface area contributed by atoms with Gasteiger partial charge in [-0.1, -0.05) is 12.1 Å². The summed E-state index contributed by atoms with van der Waals surface area (Å²) >= 11 is 0. The van der Waals surface area contributed by atoms with Crippen molar-refractivity contribution in [3.63, 3.8) is 0 Å². The summed E-state index contributed by atoms with van der Waals surface area (Å²) in [5.41, 5.74) is 4.28. The van der Waals surface area contributed by atoms with Gasteiger partial charge in [0.15, 0.2) is 0 Å². The molecule has 0 saturated heterocycles. The van der Waals surface area contributed by atoms with Gasteiger partial charge in [-0.15, -0.1) is 0 Å². The molecule has 1 amide bonds. The van der Waals surface area contributed by atoms with Crippen molar-refractivity contribution in [2.45, 2.75) is 32.9 Å². The van der Waals surface area contributed by atoms with E-state index in [2.05, 4.69) is 10.3 Å². The molecule has 2 aromatic carbocycles. The van der Waals surface area contributed by atoms with Gasteiger partial charge in [0.1, 0.15) is 5.82 Å². The third kappa shape index (κ3) is 3.42. The molecule has 3 rings (SSSR count). The molecule has 130 valence electrons. The van der Waals surface area contributed by atoms with E-state index >= 15 is 0 Å². The standard InChI is InChI=1S/C20H21FN2O2/c1-11-12(2)22-18-9-6-15(10-17(11)18)20(25)23-13(3)19(24)14-4-7-16(21)8-5-14/h4-10,13,19,22,24H,1-3H3,(H,23,25). The summed E-state index contributed by atoms with van der Waals surface area (Å²) in [4.78, 5) is 15.8. The Labute approximate surface area is 145 Å². The van der Waals surface area contributed by atoms with Crippen molar-refractivity contribution < 1.29 is 14.3 Å². The summed E-state index contributed by atoms with van der Waals surface area (Å²) in [6.07, 6.45) is -0.912. The number of aryl methyl sites for hydroxylation is 2. The number of halogens is 1. The number of amides is 1. The molecular formula is C20H21FN2O2. The molecule has 0 saturated carbocycles. The van der Waals surface area contributed by atoms with Crippen LogP contribution < -0.4 is 5.32 Å². The summed E-state index contributed by atoms with van der Waals surface area (Å²) < 4.78 is 13.0. The highest BCUT2D eigenvalue weighted by atomic mass is 19.1. The maximum atomic E-state index is 13.0. The molecule has 3 aromatic rings. The fraction of sp³-hybridized carbons (Fsp3) is 0.250. The van der Waals surface area contributed by atoms with Crippen molar-refractivity contribution in [3.8, 4) is 0 Å². The summed E-state index contributed by atoms with van der Waals surface area (Å²) in [5, 5.41) is 14.2. The highest BCUT2D eigenvalue weighted by Gasteiger charge is 2.19. The molecule has 2 atom stereocenters. The van der Waals surface area contributed by atoms with Crippen molar-refractivity contribution in [1.29, 1.82) is 0 Å². The molecule has 0 bridgehead atoms. The monoisotopic (exact) mass is 340 g/mol. The number of hydrogen-bond donors (Lipinski definition) is 3. The van der Waals surface area contributed by atoms with Gasteiger partial charge in [0.05, 0.1) is 12.1 Å². The first-order chi connectivity index (χ1) is 11.9. The smallest absolute Gasteiger partial charge is 0.251 e. The van der Waals surface area contributed by atoms with Crippen molar-refractivity contribution in [2.75, 3.05) is 0 Å². The minimum Gasteiger partial charge on any atom is -0.386 e. The van der Waals surface area contributed by atoms with Crippen molar-refractivity contribution in [2.24, 2.45) is 0 Å². The zero-order valence-electron chi connectivity index (χ0n) is 14.4. The zero-order chi connectivity index (χ0) is 18.1. The van der Waals surface area contributed by atoms with Gasteiger partial charge >= 0.3 is 0 Å². The number of rotatable bonds is 4. The number of benzene rings is 2. The van der Waals surface area contributed by atoms with Gasteiger partial charge in [-0.2, -0.15) is 0 Å². The van der Waals surface area contributed by atoms with E-state index in [1.807, 2.05) is 26.0 Å². The number of hydrogen-bond acceptors (Lipinski definition) is 2. The Morgan fingerprint density at radius 2 is 1.84 bits per heavy atom. The minimum atomic E-state index is -0.912. The number of fused-ring (bicyclic) bond motifs is 1. The van der Waals surface area contributed by atoms with Gasteiger partial charge in [-0.3, -0.25) is 4.79 Å². The van der Waals surface area contributed by atoms with E-state index < -0.39 is 12.1 Å². The van der Waals surface area contributed by atoms with Crippen LogP contribution in [0.15, 0.2) is 42.5 Å². The Morgan fingerprint density at radius 1 is 1.16 bits per heavy atom. The van der Waals surface area contributed by atoms with Gasteiger partial charge in [0.2, 0.25) is 0 Å². The Bertz CT molecular complexity index is 915. The second-order valence-corrected chi connectivity index (χ2v) is 6.39. The van der Waals surface area contributed by atoms with Crippen LogP contribution in [0.25, 0.3) is 10.9 Å². The number of aromatic amines is 1. The molecule has 0 spiro atoms. The number of nitrogens with one attached hydrogen (secondary N) is 2. The number of aliphatic hydroxyl groups is 1. The van der Waals surface area contributed by atoms with Crippen LogP contribution in [0.3, 0.4) is 0 Å². The molecule has 2 unspecified atom stereocenters. The molecule has 0 aliphatic heterocycles. The molecule has 0 radical (unpaired) electrons. The van der Waals surface area contributed by atoms with Crippen LogP contribution in [0.4, 0.5) is 4.39 Å². The summed E-state index contributed by atoms with van der Waals surface area (Å²) in [6.45, 7) is 5.73. The molecule has 5 heteroatoms. The molecule has 1 aromatic heterocycles. The van der Waals surface area contributed by atoms with Crippen LogP contribution in [-0.4, -0.2) is 22.0 Å². The van der Waals surface area contributed by atoms with E-state index in [9.17, 15) is 14.3 Å². The topological polar surface area (TPSA) is 65.1 Å². The molecule has 0 aliphatic carbocycles. The number of H-pyrrole nitrogens is 1. The Balaban J connectivity index is 1.77. The molecule has 25 heavy (non-hydrogen) atoms. The van der Waals surface area contributed by atoms with Gasteiger partial charge < -0.3 is 15.4 Å². The molecule has 1 heterocycles. The lowest BCUT2D eigenvalue weighted by atomic mass is 10.0. The second kappa shape index (κ2) is 6.69. The normalized spacial score (nSPS) is 13.6. The Kier molecular flexibility index (Phi) is 4.59. The van der Waals surface area contributed by atoms with Crippen LogP contribution in [0, 0.1) is 19.7 Å². The quantitative estimate of drug-likeness (QED) is 0.677. The first kappa shape index (κ1) is 17.2. The van der Waals surface area contributed by atoms with Gasteiger partial charge in [-0.05, 0) is 62.2 Å². The fourth-order valence-corrected chi connectivity index (χ4v) is 2.92. The van der Waals surface area contributed by atoms with Crippen molar-refractivity contribution in [3.05, 3.63) is 70.7 Å². The van der Waals surface area contributed by atoms with Gasteiger partial charge in [0, 0.05) is 22.2 Å². The van der Waals surface area contributed by atoms with Crippen LogP contribution in [0.2, 0.25) is 0 Å². The average Bonchev–Trinajstić information content (AvgIpc) is 2.88. The van der Waals surface area contributed by atoms with Gasteiger partial charge in [0.25, 0.3) is 5.91 Å². The Hall–Kier alpha value is -2.66. The van der Waals surface area contributed by atoms with Gasteiger partial charge in [-0.25, -0.2) is 4.39 Å². The van der Waals surface area contributed by atoms with E-state index in [0.717, 1.165) is 22.2 Å². The third-order valence-corrected chi connectivity index (χ3v) is 4.61. The van der Waals surface area contributed by atoms with Crippen molar-refractivity contribution >= 4 is 16.8 Å². The van der Waals surface area contributed by atoms with Crippen LogP contribution in [0.1, 0.15) is 40.2 Å². The average molecular weight is 340 g/mol. The lowest BCUT2D eigenvalue weighted by Gasteiger charge is -2.20. The maximum Gasteiger partial charge on any atom is 0.251 e. The van der Waals surface area contributed by atoms with Crippen LogP contribution in [0.5, 0.6) is 0 Å². The largest absolute Gasteiger partial charge is 0.386 e. The molecule has 0 fully saturated rings. The molecular weight excluding hydrogens is 319 g/mol. The van der Waals surface area contributed by atoms with E-state index in [0.29, 0.717) is 11.1 Å². The number of carbonyl (C=O) groups excluding carboxylic acids is 1. The third-order valence-electron chi connectivity index (χ3n) is 4.61. The Morgan fingerprint density at radius 3 is 2.52 bits per heavy atom. The first-order valence-corrected chi connectivity index (χ1v) is 8.20. The van der Waals surface area contributed by atoms with Crippen molar-refractivity contribution in [1.82, 2.24) is 10.3 Å². The molecule has 4 nitrogen and oxygen atoms in total. The number of carbonyl (C=O) groups is 1. The van der Waals surface area contributed by atoms with Crippen LogP contribution >= 0.6 is 0 Å². The van der Waals surface area contributed by atoms with E-state index in [1.165, 1.54) is 24.3 Å². The zero-order valence-corrected chi connectivity index (χ0v) is 14.4. The highest BCUT2D eigenvalue weighted by Crippen LogP contribution is 2.23. The predicted molar refractivity (Wildman–Crippen MR) is 96.1 cm³/mol. The first-order valence-electron chi connectivity index (χ1n) is 8.20. The van der Waals surface area contributed by atoms with E-state index in [1.54, 1.807) is 13.0 Å². The lowest BCUT2D eigenvalue weighted by Crippen LogP contribution is -2.37. The highest BCUT2D eigenvalue weighted by molar-refractivity contribution is 5.99. The van der Waals surface area contributed by atoms with E-state index in [-0.39, 0.29) is 11.7 Å². The SMILES string of the molecule is Cc1[nH]c2ccc(C(=O)NC(C)C(O)c3ccc(F)cc3)cc2c1C. The number of aromatic nitrogens is 1. The van der Waals surface area contributed by atoms with E-state index in [4.69, 9.17) is 0 Å².